The fourth-order valence-corrected chi connectivity index (χ4v) is 3.35. The van der Waals surface area contributed by atoms with Gasteiger partial charge in [-0.1, -0.05) is 38.8 Å². The lowest BCUT2D eigenvalue weighted by Crippen LogP contribution is -2.09. The zero-order chi connectivity index (χ0) is 29.4. The SMILES string of the molecule is C=CC(=O)Oc1ccc(-c2ccc(-c3cc(F)c(OC(=O)C=C)cc3OC(=O)CC)c(F)c2)c(OC(=O)C=C)c1. The predicted molar refractivity (Wildman–Crippen MR) is 141 cm³/mol. The van der Waals surface area contributed by atoms with E-state index in [0.29, 0.717) is 0 Å². The molecule has 0 heterocycles. The van der Waals surface area contributed by atoms with Crippen molar-refractivity contribution in [3.05, 3.63) is 98.1 Å². The van der Waals surface area contributed by atoms with Crippen molar-refractivity contribution >= 4 is 23.9 Å². The molecule has 0 aliphatic heterocycles. The largest absolute Gasteiger partial charge is 0.426 e. The molecule has 0 saturated heterocycles. The minimum absolute atomic E-state index is 0.0349. The Balaban J connectivity index is 2.11. The standard InChI is InChI=1S/C30H22F2O8/c1-5-27(33)37-18-10-12-19(24(14-18)38-28(34)6-2)17-9-11-20(22(31)13-17)21-15-23(32)26(40-30(36)8-4)16-25(21)39-29(35)7-3/h5-6,8-16H,1-2,4,7H2,3H3. The third-order valence-electron chi connectivity index (χ3n) is 5.21. The molecule has 0 aliphatic rings. The number of hydrogen-bond donors (Lipinski definition) is 0. The van der Waals surface area contributed by atoms with Crippen LogP contribution in [0.5, 0.6) is 23.0 Å². The van der Waals surface area contributed by atoms with Gasteiger partial charge in [0, 0.05) is 53.5 Å². The first kappa shape index (κ1) is 29.2. The third-order valence-corrected chi connectivity index (χ3v) is 5.21. The van der Waals surface area contributed by atoms with E-state index in [1.165, 1.54) is 37.3 Å². The fraction of sp³-hybridized carbons (Fsp3) is 0.0667. The van der Waals surface area contributed by atoms with Crippen molar-refractivity contribution in [2.45, 2.75) is 13.3 Å². The van der Waals surface area contributed by atoms with Gasteiger partial charge in [0.05, 0.1) is 0 Å². The van der Waals surface area contributed by atoms with E-state index in [9.17, 15) is 23.6 Å². The van der Waals surface area contributed by atoms with Crippen molar-refractivity contribution in [3.8, 4) is 45.3 Å². The van der Waals surface area contributed by atoms with E-state index >= 15 is 4.39 Å². The van der Waals surface area contributed by atoms with Crippen LogP contribution in [0.15, 0.2) is 86.5 Å². The van der Waals surface area contributed by atoms with E-state index < -0.39 is 41.3 Å². The van der Waals surface area contributed by atoms with Crippen molar-refractivity contribution in [1.29, 1.82) is 0 Å². The van der Waals surface area contributed by atoms with Crippen molar-refractivity contribution in [1.82, 2.24) is 0 Å². The lowest BCUT2D eigenvalue weighted by atomic mass is 9.98. The fourth-order valence-electron chi connectivity index (χ4n) is 3.35. The Morgan fingerprint density at radius 1 is 0.650 bits per heavy atom. The molecular weight excluding hydrogens is 526 g/mol. The Kier molecular flexibility index (Phi) is 9.43. The molecule has 0 unspecified atom stereocenters. The topological polar surface area (TPSA) is 105 Å². The molecule has 0 bridgehead atoms. The van der Waals surface area contributed by atoms with E-state index in [1.54, 1.807) is 0 Å². The maximum Gasteiger partial charge on any atom is 0.335 e. The second kappa shape index (κ2) is 12.9. The quantitative estimate of drug-likeness (QED) is 0.176. The van der Waals surface area contributed by atoms with E-state index in [4.69, 9.17) is 18.9 Å². The van der Waals surface area contributed by atoms with Gasteiger partial charge in [-0.25, -0.2) is 23.2 Å². The molecule has 0 N–H and O–H groups in total. The number of esters is 4. The van der Waals surface area contributed by atoms with Crippen LogP contribution < -0.4 is 18.9 Å². The van der Waals surface area contributed by atoms with Crippen molar-refractivity contribution in [2.75, 3.05) is 0 Å². The molecule has 8 nitrogen and oxygen atoms in total. The van der Waals surface area contributed by atoms with Crippen LogP contribution in [-0.2, 0) is 19.2 Å². The number of rotatable bonds is 10. The minimum Gasteiger partial charge on any atom is -0.426 e. The third kappa shape index (κ3) is 6.93. The lowest BCUT2D eigenvalue weighted by Gasteiger charge is -2.15. The summed E-state index contributed by atoms with van der Waals surface area (Å²) in [7, 11) is 0. The van der Waals surface area contributed by atoms with Gasteiger partial charge in [-0.2, -0.15) is 0 Å². The molecule has 0 aliphatic carbocycles. The molecule has 3 aromatic rings. The van der Waals surface area contributed by atoms with Gasteiger partial charge in [0.1, 0.15) is 23.1 Å². The van der Waals surface area contributed by atoms with E-state index in [0.717, 1.165) is 36.4 Å². The molecule has 40 heavy (non-hydrogen) atoms. The Morgan fingerprint density at radius 2 is 1.23 bits per heavy atom. The summed E-state index contributed by atoms with van der Waals surface area (Å²) in [5.74, 6) is -5.92. The molecule has 0 amide bonds. The highest BCUT2D eigenvalue weighted by molar-refractivity contribution is 5.88. The maximum absolute atomic E-state index is 15.5. The summed E-state index contributed by atoms with van der Waals surface area (Å²) in [4.78, 5) is 47.0. The number of carbonyl (C=O) groups excluding carboxylic acids is 4. The van der Waals surface area contributed by atoms with Crippen molar-refractivity contribution in [3.63, 3.8) is 0 Å². The zero-order valence-corrected chi connectivity index (χ0v) is 21.2. The first-order chi connectivity index (χ1) is 19.1. The number of ether oxygens (including phenoxy) is 4. The average Bonchev–Trinajstić information content (AvgIpc) is 2.94. The van der Waals surface area contributed by atoms with Crippen LogP contribution in [0.3, 0.4) is 0 Å². The van der Waals surface area contributed by atoms with E-state index in [2.05, 4.69) is 19.7 Å². The van der Waals surface area contributed by atoms with Gasteiger partial charge in [0.15, 0.2) is 11.6 Å². The summed E-state index contributed by atoms with van der Waals surface area (Å²) in [6.45, 7) is 11.4. The Labute approximate surface area is 227 Å². The van der Waals surface area contributed by atoms with Gasteiger partial charge in [-0.15, -0.1) is 0 Å². The van der Waals surface area contributed by atoms with Crippen LogP contribution in [0.4, 0.5) is 8.78 Å². The van der Waals surface area contributed by atoms with Gasteiger partial charge in [-0.05, 0) is 29.8 Å². The summed E-state index contributed by atoms with van der Waals surface area (Å²) in [6.07, 6.45) is 2.65. The Bertz CT molecular complexity index is 1540. The molecule has 0 saturated carbocycles. The smallest absolute Gasteiger partial charge is 0.335 e. The van der Waals surface area contributed by atoms with Gasteiger partial charge in [0.25, 0.3) is 0 Å². The molecule has 204 valence electrons. The van der Waals surface area contributed by atoms with Gasteiger partial charge < -0.3 is 18.9 Å². The van der Waals surface area contributed by atoms with Crippen LogP contribution in [0.2, 0.25) is 0 Å². The summed E-state index contributed by atoms with van der Waals surface area (Å²) in [5, 5.41) is 0. The minimum atomic E-state index is -1.02. The first-order valence-electron chi connectivity index (χ1n) is 11.6. The number of carbonyl (C=O) groups is 4. The molecule has 10 heteroatoms. The van der Waals surface area contributed by atoms with Crippen LogP contribution in [0.25, 0.3) is 22.3 Å². The number of hydrogen-bond acceptors (Lipinski definition) is 8. The second-order valence-corrected chi connectivity index (χ2v) is 7.83. The first-order valence-corrected chi connectivity index (χ1v) is 11.6. The van der Waals surface area contributed by atoms with Crippen molar-refractivity contribution in [2.24, 2.45) is 0 Å². The Morgan fingerprint density at radius 3 is 1.82 bits per heavy atom. The lowest BCUT2D eigenvalue weighted by molar-refractivity contribution is -0.134. The van der Waals surface area contributed by atoms with Crippen molar-refractivity contribution < 1.29 is 46.9 Å². The number of halogens is 2. The van der Waals surface area contributed by atoms with Gasteiger partial charge in [-0.3, -0.25) is 4.79 Å². The van der Waals surface area contributed by atoms with Crippen LogP contribution in [0, 0.1) is 11.6 Å². The van der Waals surface area contributed by atoms with Crippen LogP contribution in [-0.4, -0.2) is 23.9 Å². The summed E-state index contributed by atoms with van der Waals surface area (Å²) in [5.41, 5.74) is 0.199. The molecule has 3 rings (SSSR count). The molecule has 3 aromatic carbocycles. The molecule has 0 aromatic heterocycles. The molecule has 0 spiro atoms. The molecule has 0 fully saturated rings. The summed E-state index contributed by atoms with van der Waals surface area (Å²) >= 11 is 0. The normalized spacial score (nSPS) is 10.2. The highest BCUT2D eigenvalue weighted by atomic mass is 19.1. The average molecular weight is 548 g/mol. The maximum atomic E-state index is 15.5. The molecule has 0 atom stereocenters. The number of benzene rings is 3. The van der Waals surface area contributed by atoms with E-state index in [1.807, 2.05) is 0 Å². The van der Waals surface area contributed by atoms with Gasteiger partial charge >= 0.3 is 23.9 Å². The summed E-state index contributed by atoms with van der Waals surface area (Å²) in [6, 6.07) is 9.74. The summed E-state index contributed by atoms with van der Waals surface area (Å²) < 4.78 is 50.7. The van der Waals surface area contributed by atoms with Crippen LogP contribution >= 0.6 is 0 Å². The second-order valence-electron chi connectivity index (χ2n) is 7.83. The highest BCUT2D eigenvalue weighted by Gasteiger charge is 2.21. The Hall–Kier alpha value is -5.38. The van der Waals surface area contributed by atoms with Gasteiger partial charge in [0.2, 0.25) is 0 Å². The molecule has 0 radical (unpaired) electrons. The molecular formula is C30H22F2O8. The highest BCUT2D eigenvalue weighted by Crippen LogP contribution is 2.40. The zero-order valence-electron chi connectivity index (χ0n) is 21.2. The van der Waals surface area contributed by atoms with Crippen LogP contribution in [0.1, 0.15) is 13.3 Å². The van der Waals surface area contributed by atoms with E-state index in [-0.39, 0.29) is 45.9 Å². The predicted octanol–water partition coefficient (Wildman–Crippen LogP) is 5.89. The monoisotopic (exact) mass is 548 g/mol.